The van der Waals surface area contributed by atoms with Gasteiger partial charge in [0.15, 0.2) is 0 Å². The van der Waals surface area contributed by atoms with Gasteiger partial charge in [0.1, 0.15) is 5.78 Å². The van der Waals surface area contributed by atoms with E-state index in [1.807, 2.05) is 0 Å². The van der Waals surface area contributed by atoms with Gasteiger partial charge in [0.05, 0.1) is 0 Å². The molecule has 1 aromatic rings. The van der Waals surface area contributed by atoms with Gasteiger partial charge in [-0.2, -0.15) is 0 Å². The number of aryl methyl sites for hydroxylation is 1. The molecule has 1 heteroatoms. The summed E-state index contributed by atoms with van der Waals surface area (Å²) >= 11 is 0. The van der Waals surface area contributed by atoms with Crippen molar-refractivity contribution < 1.29 is 4.79 Å². The molecule has 0 unspecified atom stereocenters. The van der Waals surface area contributed by atoms with Crippen LogP contribution in [0.5, 0.6) is 0 Å². The molecule has 1 aromatic carbocycles. The predicted molar refractivity (Wildman–Crippen MR) is 78.2 cm³/mol. The van der Waals surface area contributed by atoms with Crippen molar-refractivity contribution in [3.05, 3.63) is 34.9 Å². The molecule has 1 nitrogen and oxygen atoms in total. The Morgan fingerprint density at radius 1 is 1.11 bits per heavy atom. The molecular weight excluding hydrogens is 220 g/mol. The number of hydrogen-bond acceptors (Lipinski definition) is 1. The van der Waals surface area contributed by atoms with Gasteiger partial charge in [0.2, 0.25) is 0 Å². The Morgan fingerprint density at radius 3 is 2.11 bits per heavy atom. The molecule has 0 aliphatic rings. The summed E-state index contributed by atoms with van der Waals surface area (Å²) in [7, 11) is 0. The first-order valence-electron chi connectivity index (χ1n) is 6.66. The fraction of sp³-hybridized carbons (Fsp3) is 0.588. The SMILES string of the molecule is CC(=O)CC(C)(C)c1c(C)cccc1C(C)(C)C. The van der Waals surface area contributed by atoms with Crippen molar-refractivity contribution in [3.8, 4) is 0 Å². The molecule has 0 fully saturated rings. The second kappa shape index (κ2) is 4.87. The molecule has 1 rings (SSSR count). The van der Waals surface area contributed by atoms with E-state index >= 15 is 0 Å². The summed E-state index contributed by atoms with van der Waals surface area (Å²) in [6.07, 6.45) is 0.598. The fourth-order valence-corrected chi connectivity index (χ4v) is 2.90. The third-order valence-electron chi connectivity index (χ3n) is 3.45. The van der Waals surface area contributed by atoms with Gasteiger partial charge in [0, 0.05) is 6.42 Å². The summed E-state index contributed by atoms with van der Waals surface area (Å²) in [4.78, 5) is 11.5. The van der Waals surface area contributed by atoms with Crippen LogP contribution in [-0.4, -0.2) is 5.78 Å². The Morgan fingerprint density at radius 2 is 1.67 bits per heavy atom. The average molecular weight is 246 g/mol. The highest BCUT2D eigenvalue weighted by Crippen LogP contribution is 2.38. The smallest absolute Gasteiger partial charge is 0.130 e. The largest absolute Gasteiger partial charge is 0.300 e. The Balaban J connectivity index is 3.43. The Labute approximate surface area is 112 Å². The molecule has 0 radical (unpaired) electrons. The summed E-state index contributed by atoms with van der Waals surface area (Å²) in [5.41, 5.74) is 3.99. The normalized spacial score (nSPS) is 12.6. The highest BCUT2D eigenvalue weighted by atomic mass is 16.1. The number of carbonyl (C=O) groups excluding carboxylic acids is 1. The third kappa shape index (κ3) is 3.22. The van der Waals surface area contributed by atoms with Crippen LogP contribution in [0.25, 0.3) is 0 Å². The van der Waals surface area contributed by atoms with Crippen LogP contribution in [0.1, 0.15) is 64.7 Å². The lowest BCUT2D eigenvalue weighted by Gasteiger charge is -2.33. The van der Waals surface area contributed by atoms with Crippen molar-refractivity contribution in [2.75, 3.05) is 0 Å². The van der Waals surface area contributed by atoms with E-state index in [2.05, 4.69) is 59.7 Å². The molecule has 0 bridgehead atoms. The van der Waals surface area contributed by atoms with Gasteiger partial charge in [-0.1, -0.05) is 52.8 Å². The van der Waals surface area contributed by atoms with Gasteiger partial charge in [0.25, 0.3) is 0 Å². The number of Topliss-reactive ketones (excluding diaryl/α,β-unsaturated/α-hetero) is 1. The number of hydrogen-bond donors (Lipinski definition) is 0. The molecule has 0 atom stereocenters. The lowest BCUT2D eigenvalue weighted by Crippen LogP contribution is -2.27. The van der Waals surface area contributed by atoms with E-state index in [4.69, 9.17) is 0 Å². The van der Waals surface area contributed by atoms with Gasteiger partial charge < -0.3 is 0 Å². The first-order valence-corrected chi connectivity index (χ1v) is 6.66. The number of carbonyl (C=O) groups is 1. The second-order valence-corrected chi connectivity index (χ2v) is 7.01. The fourth-order valence-electron chi connectivity index (χ4n) is 2.90. The Kier molecular flexibility index (Phi) is 4.05. The minimum Gasteiger partial charge on any atom is -0.300 e. The van der Waals surface area contributed by atoms with Crippen molar-refractivity contribution in [2.45, 2.75) is 65.7 Å². The highest BCUT2D eigenvalue weighted by molar-refractivity contribution is 5.77. The maximum absolute atomic E-state index is 11.5. The summed E-state index contributed by atoms with van der Waals surface area (Å²) in [5, 5.41) is 0. The lowest BCUT2D eigenvalue weighted by atomic mass is 9.70. The summed E-state index contributed by atoms with van der Waals surface area (Å²) in [6.45, 7) is 14.9. The number of rotatable bonds is 3. The molecule has 0 aliphatic carbocycles. The van der Waals surface area contributed by atoms with Crippen LogP contribution in [0.3, 0.4) is 0 Å². The molecule has 0 saturated heterocycles. The van der Waals surface area contributed by atoms with E-state index in [0.717, 1.165) is 0 Å². The molecular formula is C17H26O. The molecule has 18 heavy (non-hydrogen) atoms. The monoisotopic (exact) mass is 246 g/mol. The third-order valence-corrected chi connectivity index (χ3v) is 3.45. The minimum atomic E-state index is -0.0974. The van der Waals surface area contributed by atoms with Crippen molar-refractivity contribution in [3.63, 3.8) is 0 Å². The zero-order chi connectivity index (χ0) is 14.1. The molecule has 0 heterocycles. The number of benzene rings is 1. The van der Waals surface area contributed by atoms with Crippen LogP contribution in [0, 0.1) is 6.92 Å². The molecule has 0 N–H and O–H groups in total. The van der Waals surface area contributed by atoms with Crippen LogP contribution in [-0.2, 0) is 15.6 Å². The van der Waals surface area contributed by atoms with Crippen LogP contribution >= 0.6 is 0 Å². The van der Waals surface area contributed by atoms with E-state index in [9.17, 15) is 4.79 Å². The van der Waals surface area contributed by atoms with Gasteiger partial charge >= 0.3 is 0 Å². The zero-order valence-electron chi connectivity index (χ0n) is 12.8. The van der Waals surface area contributed by atoms with Crippen molar-refractivity contribution in [2.24, 2.45) is 0 Å². The van der Waals surface area contributed by atoms with Crippen molar-refractivity contribution in [1.29, 1.82) is 0 Å². The molecule has 0 aromatic heterocycles. The summed E-state index contributed by atoms with van der Waals surface area (Å²) in [5.74, 6) is 0.253. The summed E-state index contributed by atoms with van der Waals surface area (Å²) in [6, 6.07) is 6.46. The van der Waals surface area contributed by atoms with Gasteiger partial charge in [-0.05, 0) is 41.4 Å². The van der Waals surface area contributed by atoms with E-state index in [1.54, 1.807) is 6.92 Å². The first kappa shape index (κ1) is 14.9. The minimum absolute atomic E-state index is 0.0974. The zero-order valence-corrected chi connectivity index (χ0v) is 12.8. The quantitative estimate of drug-likeness (QED) is 0.764. The van der Waals surface area contributed by atoms with Gasteiger partial charge in [-0.25, -0.2) is 0 Å². The van der Waals surface area contributed by atoms with Crippen LogP contribution in [0.4, 0.5) is 0 Å². The molecule has 100 valence electrons. The maximum Gasteiger partial charge on any atom is 0.130 e. The topological polar surface area (TPSA) is 17.1 Å². The van der Waals surface area contributed by atoms with Gasteiger partial charge in [-0.3, -0.25) is 4.79 Å². The Bertz CT molecular complexity index is 447. The van der Waals surface area contributed by atoms with Crippen molar-refractivity contribution in [1.82, 2.24) is 0 Å². The second-order valence-electron chi connectivity index (χ2n) is 7.01. The van der Waals surface area contributed by atoms with E-state index in [1.165, 1.54) is 16.7 Å². The maximum atomic E-state index is 11.5. The molecule has 0 aliphatic heterocycles. The molecule has 0 spiro atoms. The van der Waals surface area contributed by atoms with E-state index in [-0.39, 0.29) is 16.6 Å². The van der Waals surface area contributed by atoms with Crippen LogP contribution in [0.15, 0.2) is 18.2 Å². The lowest BCUT2D eigenvalue weighted by molar-refractivity contribution is -0.118. The number of ketones is 1. The van der Waals surface area contributed by atoms with E-state index < -0.39 is 0 Å². The van der Waals surface area contributed by atoms with Crippen LogP contribution in [0.2, 0.25) is 0 Å². The Hall–Kier alpha value is -1.11. The standard InChI is InChI=1S/C17H26O/c1-12-9-8-10-14(16(3,4)5)15(12)17(6,7)11-13(2)18/h8-10H,11H2,1-7H3. The van der Waals surface area contributed by atoms with Crippen molar-refractivity contribution >= 4 is 5.78 Å². The molecule has 0 saturated carbocycles. The van der Waals surface area contributed by atoms with Gasteiger partial charge in [-0.15, -0.1) is 0 Å². The van der Waals surface area contributed by atoms with Crippen LogP contribution < -0.4 is 0 Å². The van der Waals surface area contributed by atoms with E-state index in [0.29, 0.717) is 6.42 Å². The molecule has 0 amide bonds. The first-order chi connectivity index (χ1) is 8.05. The highest BCUT2D eigenvalue weighted by Gasteiger charge is 2.30. The summed E-state index contributed by atoms with van der Waals surface area (Å²) < 4.78 is 0. The average Bonchev–Trinajstić information content (AvgIpc) is 2.13. The predicted octanol–water partition coefficient (Wildman–Crippen LogP) is 4.55.